The van der Waals surface area contributed by atoms with Gasteiger partial charge in [0, 0.05) is 44.3 Å². The molecule has 7 aromatic carbocycles. The molecule has 3 nitrogen and oxygen atoms in total. The van der Waals surface area contributed by atoms with Crippen LogP contribution in [0.3, 0.4) is 0 Å². The van der Waals surface area contributed by atoms with E-state index >= 15 is 0 Å². The number of aryl methyl sites for hydroxylation is 1. The molecule has 0 aliphatic heterocycles. The molecule has 306 valence electrons. The Hall–Kier alpha value is -7.49. The predicted octanol–water partition coefficient (Wildman–Crippen LogP) is 14.4. The molecule has 3 heteroatoms. The molecule has 2 aromatic heterocycles. The van der Waals surface area contributed by atoms with Crippen molar-refractivity contribution < 1.29 is 4.42 Å². The number of fused-ring (bicyclic) bond motifs is 6. The van der Waals surface area contributed by atoms with E-state index in [9.17, 15) is 0 Å². The van der Waals surface area contributed by atoms with E-state index in [2.05, 4.69) is 232 Å². The molecule has 0 saturated carbocycles. The third-order valence-corrected chi connectivity index (χ3v) is 12.6. The van der Waals surface area contributed by atoms with Gasteiger partial charge in [0.25, 0.3) is 0 Å². The molecule has 0 saturated heterocycles. The molecule has 2 unspecified atom stereocenters. The SMILES string of the molecule is C=C(N=C(C)c1ccccc1C)c1cccc(-c2cccc3oc4c(c23)=CC(c2ccc3c(c2)c2ccccc2n3-c2ccccc2)CC=4)c1.CC1C=C(c2ccccc2)C=CC1. The second-order valence-electron chi connectivity index (χ2n) is 16.9. The molecule has 9 aromatic rings. The van der Waals surface area contributed by atoms with Crippen LogP contribution in [0.1, 0.15) is 60.4 Å². The van der Waals surface area contributed by atoms with E-state index in [1.807, 2.05) is 0 Å². The Balaban J connectivity index is 0.000000310. The summed E-state index contributed by atoms with van der Waals surface area (Å²) in [5, 5.41) is 4.85. The van der Waals surface area contributed by atoms with Crippen LogP contribution < -0.4 is 10.6 Å². The van der Waals surface area contributed by atoms with Gasteiger partial charge in [-0.15, -0.1) is 0 Å². The molecule has 0 N–H and O–H groups in total. The maximum absolute atomic E-state index is 6.48. The van der Waals surface area contributed by atoms with Crippen LogP contribution in [0.15, 0.2) is 204 Å². The summed E-state index contributed by atoms with van der Waals surface area (Å²) in [5.41, 5.74) is 16.8. The molecular weight excluding hydrogens is 765 g/mol. The minimum Gasteiger partial charge on any atom is -0.456 e. The molecule has 0 radical (unpaired) electrons. The van der Waals surface area contributed by atoms with E-state index in [1.54, 1.807) is 0 Å². The van der Waals surface area contributed by atoms with Gasteiger partial charge in [-0.3, -0.25) is 4.99 Å². The van der Waals surface area contributed by atoms with Crippen LogP contribution in [0.5, 0.6) is 0 Å². The Bertz CT molecular complexity index is 3390. The van der Waals surface area contributed by atoms with Crippen LogP contribution in [0.2, 0.25) is 0 Å². The summed E-state index contributed by atoms with van der Waals surface area (Å²) >= 11 is 0. The summed E-state index contributed by atoms with van der Waals surface area (Å²) in [6, 6.07) is 60.2. The maximum atomic E-state index is 6.48. The molecule has 2 aliphatic rings. The highest BCUT2D eigenvalue weighted by Gasteiger charge is 2.20. The van der Waals surface area contributed by atoms with Crippen molar-refractivity contribution in [2.24, 2.45) is 10.9 Å². The lowest BCUT2D eigenvalue weighted by Gasteiger charge is -2.14. The molecule has 0 fully saturated rings. The molecule has 63 heavy (non-hydrogen) atoms. The van der Waals surface area contributed by atoms with Gasteiger partial charge in [-0.25, -0.2) is 0 Å². The van der Waals surface area contributed by atoms with Crippen molar-refractivity contribution in [1.82, 2.24) is 4.57 Å². The molecule has 11 rings (SSSR count). The highest BCUT2D eigenvalue weighted by Crippen LogP contribution is 2.36. The minimum absolute atomic E-state index is 0.226. The minimum atomic E-state index is 0.226. The van der Waals surface area contributed by atoms with Crippen LogP contribution in [0, 0.1) is 12.8 Å². The van der Waals surface area contributed by atoms with E-state index in [4.69, 9.17) is 9.41 Å². The first-order chi connectivity index (χ1) is 30.9. The lowest BCUT2D eigenvalue weighted by molar-refractivity contribution is 0.570. The largest absolute Gasteiger partial charge is 0.456 e. The van der Waals surface area contributed by atoms with Crippen LogP contribution >= 0.6 is 0 Å². The Morgan fingerprint density at radius 3 is 2.24 bits per heavy atom. The fraction of sp³-hybridized carbons (Fsp3) is 0.117. The molecule has 0 spiro atoms. The average molecular weight is 815 g/mol. The first-order valence-corrected chi connectivity index (χ1v) is 22.1. The van der Waals surface area contributed by atoms with Crippen LogP contribution in [-0.2, 0) is 0 Å². The molecule has 2 aliphatic carbocycles. The second-order valence-corrected chi connectivity index (χ2v) is 16.9. The zero-order valence-corrected chi connectivity index (χ0v) is 36.1. The van der Waals surface area contributed by atoms with Crippen molar-refractivity contribution in [3.05, 3.63) is 233 Å². The Kier molecular flexibility index (Phi) is 10.8. The van der Waals surface area contributed by atoms with E-state index in [0.717, 1.165) is 61.7 Å². The van der Waals surface area contributed by atoms with Gasteiger partial charge in [-0.2, -0.15) is 0 Å². The number of allylic oxidation sites excluding steroid dienone is 4. The smallest absolute Gasteiger partial charge is 0.136 e. The van der Waals surface area contributed by atoms with Gasteiger partial charge in [0.1, 0.15) is 11.0 Å². The van der Waals surface area contributed by atoms with Gasteiger partial charge in [-0.05, 0) is 120 Å². The monoisotopic (exact) mass is 814 g/mol. The highest BCUT2D eigenvalue weighted by atomic mass is 16.3. The number of para-hydroxylation sites is 2. The fourth-order valence-corrected chi connectivity index (χ4v) is 9.40. The van der Waals surface area contributed by atoms with E-state index in [1.165, 1.54) is 56.2 Å². The zero-order valence-electron chi connectivity index (χ0n) is 36.1. The Morgan fingerprint density at radius 1 is 0.683 bits per heavy atom. The lowest BCUT2D eigenvalue weighted by atomic mass is 9.89. The number of hydrogen-bond donors (Lipinski definition) is 0. The number of nitrogens with zero attached hydrogens (tertiary/aromatic N) is 2. The molecule has 2 atom stereocenters. The number of rotatable bonds is 7. The van der Waals surface area contributed by atoms with Crippen molar-refractivity contribution in [3.8, 4) is 16.8 Å². The fourth-order valence-electron chi connectivity index (χ4n) is 9.40. The predicted molar refractivity (Wildman–Crippen MR) is 268 cm³/mol. The maximum Gasteiger partial charge on any atom is 0.136 e. The van der Waals surface area contributed by atoms with Crippen molar-refractivity contribution in [2.45, 2.75) is 39.5 Å². The first-order valence-electron chi connectivity index (χ1n) is 22.1. The number of aromatic nitrogens is 1. The van der Waals surface area contributed by atoms with E-state index < -0.39 is 0 Å². The van der Waals surface area contributed by atoms with Crippen LogP contribution in [-0.4, -0.2) is 10.3 Å². The second kappa shape index (κ2) is 17.1. The number of aliphatic imine (C=N–C) groups is 1. The van der Waals surface area contributed by atoms with E-state index in [0.29, 0.717) is 5.92 Å². The van der Waals surface area contributed by atoms with Crippen molar-refractivity contribution in [1.29, 1.82) is 0 Å². The molecule has 2 heterocycles. The Morgan fingerprint density at radius 2 is 1.41 bits per heavy atom. The lowest BCUT2D eigenvalue weighted by Crippen LogP contribution is -2.25. The average Bonchev–Trinajstić information content (AvgIpc) is 3.88. The number of furan rings is 1. The van der Waals surface area contributed by atoms with Crippen molar-refractivity contribution in [2.75, 3.05) is 0 Å². The Labute approximate surface area is 369 Å². The molecule has 0 amide bonds. The highest BCUT2D eigenvalue weighted by molar-refractivity contribution is 6.09. The summed E-state index contributed by atoms with van der Waals surface area (Å²) in [6.45, 7) is 10.8. The first kappa shape index (κ1) is 39.6. The van der Waals surface area contributed by atoms with Crippen molar-refractivity contribution >= 4 is 61.9 Å². The van der Waals surface area contributed by atoms with Crippen LogP contribution in [0.25, 0.3) is 73.0 Å². The van der Waals surface area contributed by atoms with Gasteiger partial charge in [0.05, 0.1) is 16.7 Å². The number of hydrogen-bond acceptors (Lipinski definition) is 2. The van der Waals surface area contributed by atoms with Gasteiger partial charge < -0.3 is 8.98 Å². The summed E-state index contributed by atoms with van der Waals surface area (Å²) < 4.78 is 8.85. The van der Waals surface area contributed by atoms with Crippen LogP contribution in [0.4, 0.5) is 0 Å². The third-order valence-electron chi connectivity index (χ3n) is 12.6. The van der Waals surface area contributed by atoms with Crippen molar-refractivity contribution in [3.63, 3.8) is 0 Å². The van der Waals surface area contributed by atoms with Gasteiger partial charge in [0.15, 0.2) is 0 Å². The molecular formula is C60H50N2O. The normalized spacial score (nSPS) is 15.9. The number of benzene rings is 7. The van der Waals surface area contributed by atoms with Gasteiger partial charge in [-0.1, -0.05) is 165 Å². The summed E-state index contributed by atoms with van der Waals surface area (Å²) in [4.78, 5) is 4.93. The summed E-state index contributed by atoms with van der Waals surface area (Å²) in [7, 11) is 0. The quantitative estimate of drug-likeness (QED) is 0.147. The standard InChI is InChI=1S/C47H36N2O.C13H14/c1-30-13-7-8-18-38(30)32(3)48-31(2)33-14-11-15-36(27-33)39-20-12-22-46-47(39)42-29-35(24-26-45(42)50-46)34-23-25-44-41(28-34)40-19-9-10-21-43(40)49(44)37-16-5-4-6-17-37;1-11-6-5-9-13(10-11)12-7-3-2-4-8-12/h4-23,25-29,35H,2,24H2,1,3H3;2-5,7-11H,6H2,1H3. The third kappa shape index (κ3) is 7.83. The topological polar surface area (TPSA) is 30.4 Å². The van der Waals surface area contributed by atoms with E-state index in [-0.39, 0.29) is 5.92 Å². The molecule has 0 bridgehead atoms. The van der Waals surface area contributed by atoms with Gasteiger partial charge >= 0.3 is 0 Å². The van der Waals surface area contributed by atoms with Gasteiger partial charge in [0.2, 0.25) is 0 Å². The summed E-state index contributed by atoms with van der Waals surface area (Å²) in [6.07, 6.45) is 13.6. The summed E-state index contributed by atoms with van der Waals surface area (Å²) in [5.74, 6) is 0.907. The zero-order chi connectivity index (χ0) is 42.9.